The van der Waals surface area contributed by atoms with Crippen LogP contribution in [0.2, 0.25) is 0 Å². The summed E-state index contributed by atoms with van der Waals surface area (Å²) in [6.07, 6.45) is 4.61. The zero-order valence-electron chi connectivity index (χ0n) is 11.3. The van der Waals surface area contributed by atoms with Crippen molar-refractivity contribution in [2.45, 2.75) is 38.3 Å². The summed E-state index contributed by atoms with van der Waals surface area (Å²) in [5, 5.41) is 13.9. The van der Waals surface area contributed by atoms with E-state index in [1.54, 1.807) is 0 Å². The number of nitro groups is 1. The Kier molecular flexibility index (Phi) is 5.43. The molecule has 1 heterocycles. The average Bonchev–Trinajstić information content (AvgIpc) is 2.44. The average molecular weight is 282 g/mol. The van der Waals surface area contributed by atoms with E-state index in [-0.39, 0.29) is 6.61 Å². The molecule has 1 atom stereocenters. The molecule has 0 bridgehead atoms. The lowest BCUT2D eigenvalue weighted by atomic mass is 10.0. The highest BCUT2D eigenvalue weighted by molar-refractivity contribution is 5.34. The molecule has 1 aliphatic heterocycles. The smallest absolute Gasteiger partial charge is 0.304 e. The van der Waals surface area contributed by atoms with Gasteiger partial charge in [-0.2, -0.15) is 4.39 Å². The van der Waals surface area contributed by atoms with Crippen LogP contribution < -0.4 is 5.32 Å². The van der Waals surface area contributed by atoms with Gasteiger partial charge >= 0.3 is 5.69 Å². The maximum Gasteiger partial charge on any atom is 0.304 e. The summed E-state index contributed by atoms with van der Waals surface area (Å²) in [5.41, 5.74) is 0.116. The molecule has 0 amide bonds. The lowest BCUT2D eigenvalue weighted by molar-refractivity contribution is -0.387. The van der Waals surface area contributed by atoms with Crippen molar-refractivity contribution in [2.75, 3.05) is 13.2 Å². The lowest BCUT2D eigenvalue weighted by Gasteiger charge is -2.23. The molecule has 6 heteroatoms. The van der Waals surface area contributed by atoms with Crippen molar-refractivity contribution in [3.8, 4) is 0 Å². The summed E-state index contributed by atoms with van der Waals surface area (Å²) in [7, 11) is 0. The normalized spacial score (nSPS) is 18.9. The monoisotopic (exact) mass is 282 g/mol. The molecule has 1 N–H and O–H groups in total. The minimum Gasteiger partial charge on any atom is -0.377 e. The fourth-order valence-electron chi connectivity index (χ4n) is 2.37. The minimum atomic E-state index is -0.815. The van der Waals surface area contributed by atoms with Crippen molar-refractivity contribution in [3.63, 3.8) is 0 Å². The van der Waals surface area contributed by atoms with Gasteiger partial charge in [0, 0.05) is 18.7 Å². The molecule has 0 radical (unpaired) electrons. The van der Waals surface area contributed by atoms with Crippen molar-refractivity contribution >= 4 is 5.69 Å². The van der Waals surface area contributed by atoms with Crippen LogP contribution in [0, 0.1) is 15.9 Å². The quantitative estimate of drug-likeness (QED) is 0.495. The van der Waals surface area contributed by atoms with E-state index in [1.807, 2.05) is 0 Å². The minimum absolute atomic E-state index is 0.279. The molecule has 0 spiro atoms. The van der Waals surface area contributed by atoms with Gasteiger partial charge in [-0.3, -0.25) is 10.1 Å². The first kappa shape index (κ1) is 14.9. The van der Waals surface area contributed by atoms with Crippen LogP contribution in [0.4, 0.5) is 10.1 Å². The van der Waals surface area contributed by atoms with Gasteiger partial charge in [-0.1, -0.05) is 6.42 Å². The number of nitrogens with one attached hydrogen (secondary N) is 1. The Morgan fingerprint density at radius 3 is 2.95 bits per heavy atom. The summed E-state index contributed by atoms with van der Waals surface area (Å²) < 4.78 is 18.9. The van der Waals surface area contributed by atoms with Gasteiger partial charge in [-0.25, -0.2) is 0 Å². The van der Waals surface area contributed by atoms with Crippen LogP contribution in [0.5, 0.6) is 0 Å². The number of nitrogens with zero attached hydrogens (tertiary/aromatic N) is 1. The lowest BCUT2D eigenvalue weighted by Crippen LogP contribution is -2.34. The number of ether oxygens (including phenoxy) is 1. The molecule has 1 aliphatic rings. The summed E-state index contributed by atoms with van der Waals surface area (Å²) in [4.78, 5) is 9.77. The highest BCUT2D eigenvalue weighted by Gasteiger charge is 2.14. The molecule has 1 aromatic rings. The SMILES string of the molecule is O=[N+]([O-])c1ccc(COCCC2CCCCN2)cc1F. The molecule has 20 heavy (non-hydrogen) atoms. The number of nitro benzene ring substituents is 1. The molecule has 2 rings (SSSR count). The highest BCUT2D eigenvalue weighted by atomic mass is 19.1. The second-order valence-electron chi connectivity index (χ2n) is 5.03. The van der Waals surface area contributed by atoms with Crippen molar-refractivity contribution in [1.29, 1.82) is 0 Å². The maximum absolute atomic E-state index is 13.4. The molecule has 0 saturated carbocycles. The van der Waals surface area contributed by atoms with E-state index < -0.39 is 16.4 Å². The number of halogens is 1. The van der Waals surface area contributed by atoms with Gasteiger partial charge in [-0.05, 0) is 43.5 Å². The molecule has 1 saturated heterocycles. The third kappa shape index (κ3) is 4.25. The topological polar surface area (TPSA) is 64.4 Å². The third-order valence-electron chi connectivity index (χ3n) is 3.50. The van der Waals surface area contributed by atoms with E-state index in [4.69, 9.17) is 4.74 Å². The molecule has 110 valence electrons. The maximum atomic E-state index is 13.4. The predicted molar refractivity (Wildman–Crippen MR) is 73.0 cm³/mol. The molecule has 0 aromatic heterocycles. The second-order valence-corrected chi connectivity index (χ2v) is 5.03. The second kappa shape index (κ2) is 7.31. The van der Waals surface area contributed by atoms with Crippen LogP contribution in [0.1, 0.15) is 31.2 Å². The van der Waals surface area contributed by atoms with Gasteiger partial charge in [-0.15, -0.1) is 0 Å². The Bertz CT molecular complexity index is 462. The Morgan fingerprint density at radius 2 is 2.30 bits per heavy atom. The first-order valence-corrected chi connectivity index (χ1v) is 6.91. The van der Waals surface area contributed by atoms with Gasteiger partial charge in [0.1, 0.15) is 0 Å². The van der Waals surface area contributed by atoms with Gasteiger partial charge in [0.15, 0.2) is 0 Å². The summed E-state index contributed by atoms with van der Waals surface area (Å²) in [5.74, 6) is -0.815. The standard InChI is InChI=1S/C14H19FN2O3/c15-13-9-11(4-5-14(13)17(18)19)10-20-8-6-12-3-1-2-7-16-12/h4-5,9,12,16H,1-3,6-8,10H2. The van der Waals surface area contributed by atoms with E-state index in [1.165, 1.54) is 31.4 Å². The molecule has 1 fully saturated rings. The van der Waals surface area contributed by atoms with Gasteiger partial charge in [0.05, 0.1) is 11.5 Å². The number of benzene rings is 1. The molecule has 1 unspecified atom stereocenters. The van der Waals surface area contributed by atoms with Crippen LogP contribution in [-0.4, -0.2) is 24.1 Å². The van der Waals surface area contributed by atoms with Crippen molar-refractivity contribution < 1.29 is 14.1 Å². The van der Waals surface area contributed by atoms with E-state index in [0.717, 1.165) is 19.0 Å². The Labute approximate surface area is 117 Å². The van der Waals surface area contributed by atoms with E-state index in [9.17, 15) is 14.5 Å². The fraction of sp³-hybridized carbons (Fsp3) is 0.571. The highest BCUT2D eigenvalue weighted by Crippen LogP contribution is 2.18. The largest absolute Gasteiger partial charge is 0.377 e. The number of hydrogen-bond acceptors (Lipinski definition) is 4. The van der Waals surface area contributed by atoms with Gasteiger partial charge in [0.25, 0.3) is 0 Å². The van der Waals surface area contributed by atoms with Crippen molar-refractivity contribution in [1.82, 2.24) is 5.32 Å². The fourth-order valence-corrected chi connectivity index (χ4v) is 2.37. The molecular formula is C14H19FN2O3. The van der Waals surface area contributed by atoms with Gasteiger partial charge in [0.2, 0.25) is 5.82 Å². The van der Waals surface area contributed by atoms with Crippen molar-refractivity contribution in [2.24, 2.45) is 0 Å². The van der Waals surface area contributed by atoms with E-state index in [2.05, 4.69) is 5.32 Å². The number of piperidine rings is 1. The number of rotatable bonds is 6. The van der Waals surface area contributed by atoms with Crippen LogP contribution in [0.15, 0.2) is 18.2 Å². The molecule has 0 aliphatic carbocycles. The first-order valence-electron chi connectivity index (χ1n) is 6.91. The van der Waals surface area contributed by atoms with Crippen LogP contribution in [0.25, 0.3) is 0 Å². The van der Waals surface area contributed by atoms with Gasteiger partial charge < -0.3 is 10.1 Å². The van der Waals surface area contributed by atoms with Crippen LogP contribution >= 0.6 is 0 Å². The van der Waals surface area contributed by atoms with Crippen LogP contribution in [0.3, 0.4) is 0 Å². The Morgan fingerprint density at radius 1 is 1.45 bits per heavy atom. The first-order chi connectivity index (χ1) is 9.66. The Hall–Kier alpha value is -1.53. The van der Waals surface area contributed by atoms with Crippen LogP contribution in [-0.2, 0) is 11.3 Å². The number of hydrogen-bond donors (Lipinski definition) is 1. The van der Waals surface area contributed by atoms with E-state index in [0.29, 0.717) is 18.2 Å². The summed E-state index contributed by atoms with van der Waals surface area (Å²) in [6, 6.07) is 4.38. The molecular weight excluding hydrogens is 263 g/mol. The van der Waals surface area contributed by atoms with E-state index >= 15 is 0 Å². The molecule has 5 nitrogen and oxygen atoms in total. The third-order valence-corrected chi connectivity index (χ3v) is 3.50. The van der Waals surface area contributed by atoms with Crippen molar-refractivity contribution in [3.05, 3.63) is 39.7 Å². The summed E-state index contributed by atoms with van der Waals surface area (Å²) in [6.45, 7) is 1.95. The summed E-state index contributed by atoms with van der Waals surface area (Å²) >= 11 is 0. The predicted octanol–water partition coefficient (Wildman–Crippen LogP) is 2.78. The zero-order chi connectivity index (χ0) is 14.4. The zero-order valence-corrected chi connectivity index (χ0v) is 11.3. The molecule has 1 aromatic carbocycles. The Balaban J connectivity index is 1.73.